The number of ether oxygens (including phenoxy) is 3. The first-order valence-electron chi connectivity index (χ1n) is 8.48. The molecule has 1 fully saturated rings. The summed E-state index contributed by atoms with van der Waals surface area (Å²) in [4.78, 5) is 23.8. The van der Waals surface area contributed by atoms with E-state index in [1.165, 1.54) is 6.08 Å². The zero-order chi connectivity index (χ0) is 18.4. The van der Waals surface area contributed by atoms with Crippen LogP contribution in [0.25, 0.3) is 0 Å². The molecule has 1 aromatic rings. The van der Waals surface area contributed by atoms with E-state index in [2.05, 4.69) is 0 Å². The maximum atomic E-state index is 12.4. The normalized spacial score (nSPS) is 21.1. The average molecular weight is 346 g/mol. The van der Waals surface area contributed by atoms with Gasteiger partial charge in [0.15, 0.2) is 0 Å². The molecule has 0 amide bonds. The summed E-state index contributed by atoms with van der Waals surface area (Å²) in [5.74, 6) is -0.850. The first kappa shape index (κ1) is 19.2. The Morgan fingerprint density at radius 3 is 2.24 bits per heavy atom. The summed E-state index contributed by atoms with van der Waals surface area (Å²) in [5.41, 5.74) is 1.80. The van der Waals surface area contributed by atoms with Gasteiger partial charge in [0.2, 0.25) is 0 Å². The van der Waals surface area contributed by atoms with E-state index in [9.17, 15) is 9.59 Å². The van der Waals surface area contributed by atoms with E-state index in [0.717, 1.165) is 11.1 Å². The summed E-state index contributed by atoms with van der Waals surface area (Å²) < 4.78 is 15.4. The molecule has 1 aromatic carbocycles. The highest BCUT2D eigenvalue weighted by Crippen LogP contribution is 2.59. The third-order valence-corrected chi connectivity index (χ3v) is 4.61. The Kier molecular flexibility index (Phi) is 6.37. The highest BCUT2D eigenvalue weighted by Gasteiger charge is 2.61. The van der Waals surface area contributed by atoms with Gasteiger partial charge in [0.1, 0.15) is 6.61 Å². The smallest absolute Gasteiger partial charge is 0.330 e. The van der Waals surface area contributed by atoms with Crippen molar-refractivity contribution >= 4 is 11.9 Å². The lowest BCUT2D eigenvalue weighted by Gasteiger charge is -2.07. The summed E-state index contributed by atoms with van der Waals surface area (Å²) in [7, 11) is 1.65. The van der Waals surface area contributed by atoms with Crippen LogP contribution in [0.1, 0.15) is 31.9 Å². The zero-order valence-corrected chi connectivity index (χ0v) is 15.3. The number of carbonyl (C=O) groups excluding carboxylic acids is 2. The Labute approximate surface area is 149 Å². The molecule has 1 aliphatic carbocycles. The number of benzene rings is 1. The molecule has 0 aromatic heterocycles. The van der Waals surface area contributed by atoms with Crippen LogP contribution in [0.2, 0.25) is 0 Å². The molecule has 0 heterocycles. The maximum Gasteiger partial charge on any atom is 0.330 e. The van der Waals surface area contributed by atoms with Crippen molar-refractivity contribution in [1.82, 2.24) is 0 Å². The van der Waals surface area contributed by atoms with Crippen molar-refractivity contribution in [2.24, 2.45) is 17.3 Å². The minimum Gasteiger partial charge on any atom is -0.463 e. The van der Waals surface area contributed by atoms with Gasteiger partial charge >= 0.3 is 11.9 Å². The highest BCUT2D eigenvalue weighted by atomic mass is 16.5. The third kappa shape index (κ3) is 4.92. The Bertz CT molecular complexity index is 630. The molecule has 1 saturated carbocycles. The summed E-state index contributed by atoms with van der Waals surface area (Å²) in [6, 6.07) is 7.77. The van der Waals surface area contributed by atoms with Gasteiger partial charge in [-0.3, -0.25) is 4.79 Å². The van der Waals surface area contributed by atoms with Gasteiger partial charge in [-0.05, 0) is 29.4 Å². The van der Waals surface area contributed by atoms with Crippen LogP contribution in [-0.4, -0.2) is 25.7 Å². The van der Waals surface area contributed by atoms with Crippen molar-refractivity contribution in [3.05, 3.63) is 47.5 Å². The number of carbonyl (C=O) groups is 2. The van der Waals surface area contributed by atoms with E-state index in [1.54, 1.807) is 20.1 Å². The van der Waals surface area contributed by atoms with Gasteiger partial charge in [0.05, 0.1) is 19.1 Å². The molecule has 136 valence electrons. The van der Waals surface area contributed by atoms with Gasteiger partial charge in [0, 0.05) is 13.2 Å². The van der Waals surface area contributed by atoms with Crippen molar-refractivity contribution in [3.8, 4) is 0 Å². The van der Waals surface area contributed by atoms with E-state index < -0.39 is 0 Å². The van der Waals surface area contributed by atoms with Crippen LogP contribution in [0.3, 0.4) is 0 Å². The van der Waals surface area contributed by atoms with Gasteiger partial charge in [-0.25, -0.2) is 4.79 Å². The summed E-state index contributed by atoms with van der Waals surface area (Å²) >= 11 is 0. The molecule has 1 aliphatic rings. The first-order chi connectivity index (χ1) is 11.9. The maximum absolute atomic E-state index is 12.4. The lowest BCUT2D eigenvalue weighted by atomic mass is 10.1. The topological polar surface area (TPSA) is 61.8 Å². The number of allylic oxidation sites excluding steroid dienone is 1. The summed E-state index contributed by atoms with van der Waals surface area (Å²) in [6.45, 7) is 6.90. The molecule has 5 nitrogen and oxygen atoms in total. The van der Waals surface area contributed by atoms with Crippen LogP contribution in [0.5, 0.6) is 0 Å². The number of hydrogen-bond donors (Lipinski definition) is 0. The van der Waals surface area contributed by atoms with Gasteiger partial charge in [-0.15, -0.1) is 0 Å². The predicted octanol–water partition coefficient (Wildman–Crippen LogP) is 3.27. The molecule has 0 radical (unpaired) electrons. The number of methoxy groups -OCH3 is 1. The van der Waals surface area contributed by atoms with E-state index in [4.69, 9.17) is 14.2 Å². The molecule has 0 bridgehead atoms. The highest BCUT2D eigenvalue weighted by molar-refractivity contribution is 5.83. The van der Waals surface area contributed by atoms with E-state index in [-0.39, 0.29) is 35.8 Å². The number of esters is 2. The molecule has 25 heavy (non-hydrogen) atoms. The molecule has 0 aliphatic heterocycles. The fourth-order valence-electron chi connectivity index (χ4n) is 3.00. The first-order valence-corrected chi connectivity index (χ1v) is 8.48. The molecule has 0 N–H and O–H groups in total. The minimum absolute atomic E-state index is 0.00603. The predicted molar refractivity (Wildman–Crippen MR) is 93.5 cm³/mol. The Morgan fingerprint density at radius 2 is 1.68 bits per heavy atom. The largest absolute Gasteiger partial charge is 0.463 e. The van der Waals surface area contributed by atoms with Crippen LogP contribution in [0.15, 0.2) is 36.4 Å². The van der Waals surface area contributed by atoms with Crippen molar-refractivity contribution in [3.63, 3.8) is 0 Å². The van der Waals surface area contributed by atoms with Crippen LogP contribution in [-0.2, 0) is 37.0 Å². The third-order valence-electron chi connectivity index (χ3n) is 4.61. The second kappa shape index (κ2) is 8.30. The van der Waals surface area contributed by atoms with E-state index in [1.807, 2.05) is 38.1 Å². The van der Waals surface area contributed by atoms with E-state index in [0.29, 0.717) is 13.2 Å². The molecule has 2 unspecified atom stereocenters. The molecular weight excluding hydrogens is 320 g/mol. The Hall–Kier alpha value is -2.14. The van der Waals surface area contributed by atoms with Gasteiger partial charge in [-0.2, -0.15) is 0 Å². The van der Waals surface area contributed by atoms with Gasteiger partial charge in [-0.1, -0.05) is 44.2 Å². The summed E-state index contributed by atoms with van der Waals surface area (Å²) in [6.07, 6.45) is 3.15. The lowest BCUT2D eigenvalue weighted by Crippen LogP contribution is -2.10. The van der Waals surface area contributed by atoms with Crippen molar-refractivity contribution in [2.45, 2.75) is 34.0 Å². The van der Waals surface area contributed by atoms with Crippen molar-refractivity contribution in [2.75, 3.05) is 13.7 Å². The van der Waals surface area contributed by atoms with Crippen molar-refractivity contribution in [1.29, 1.82) is 0 Å². The van der Waals surface area contributed by atoms with Crippen LogP contribution in [0.4, 0.5) is 0 Å². The summed E-state index contributed by atoms with van der Waals surface area (Å²) in [5, 5.41) is 0. The average Bonchev–Trinajstić information content (AvgIpc) is 3.13. The standard InChI is InChI=1S/C20H26O5/c1-5-24-17(21)11-10-16-18(20(16,2)3)19(22)25-13-15-8-6-14(7-9-15)12-23-4/h6-11,16,18H,5,12-13H2,1-4H3. The Balaban J connectivity index is 1.87. The monoisotopic (exact) mass is 346 g/mol. The number of hydrogen-bond acceptors (Lipinski definition) is 5. The lowest BCUT2D eigenvalue weighted by molar-refractivity contribution is -0.147. The molecule has 5 heteroatoms. The van der Waals surface area contributed by atoms with Gasteiger partial charge in [0.25, 0.3) is 0 Å². The van der Waals surface area contributed by atoms with Gasteiger partial charge < -0.3 is 14.2 Å². The fourth-order valence-corrected chi connectivity index (χ4v) is 3.00. The molecule has 2 rings (SSSR count). The van der Waals surface area contributed by atoms with Crippen LogP contribution in [0, 0.1) is 17.3 Å². The Morgan fingerprint density at radius 1 is 1.08 bits per heavy atom. The van der Waals surface area contributed by atoms with E-state index >= 15 is 0 Å². The van der Waals surface area contributed by atoms with Crippen molar-refractivity contribution < 1.29 is 23.8 Å². The fraction of sp³-hybridized carbons (Fsp3) is 0.500. The quantitative estimate of drug-likeness (QED) is 0.534. The molecular formula is C20H26O5. The van der Waals surface area contributed by atoms with Crippen LogP contribution >= 0.6 is 0 Å². The second-order valence-corrected chi connectivity index (χ2v) is 6.79. The second-order valence-electron chi connectivity index (χ2n) is 6.79. The number of rotatable bonds is 8. The SMILES string of the molecule is CCOC(=O)C=CC1C(C(=O)OCc2ccc(COC)cc2)C1(C)C. The molecule has 0 spiro atoms. The molecule has 0 saturated heterocycles. The molecule has 2 atom stereocenters. The minimum atomic E-state index is -0.381. The van der Waals surface area contributed by atoms with Crippen LogP contribution < -0.4 is 0 Å². The zero-order valence-electron chi connectivity index (χ0n) is 15.3.